The number of hydrazine groups is 1. The first kappa shape index (κ1) is 14.4. The van der Waals surface area contributed by atoms with Gasteiger partial charge in [-0.1, -0.05) is 0 Å². The molecule has 0 spiro atoms. The number of hydrogen-bond acceptors (Lipinski definition) is 4. The second-order valence-electron chi connectivity index (χ2n) is 4.08. The summed E-state index contributed by atoms with van der Waals surface area (Å²) in [5.74, 6) is 5.68. The molecule has 2 aromatic rings. The maximum absolute atomic E-state index is 5.68. The average molecular weight is 441 g/mol. The van der Waals surface area contributed by atoms with Gasteiger partial charge in [-0.2, -0.15) is 5.10 Å². The van der Waals surface area contributed by atoms with Crippen molar-refractivity contribution in [3.63, 3.8) is 0 Å². The SMILES string of the molecule is Cc1nn(C)c(CC(NN)c2csc(I)c2)c1Br. The van der Waals surface area contributed by atoms with E-state index in [0.29, 0.717) is 0 Å². The number of thiophene rings is 1. The summed E-state index contributed by atoms with van der Waals surface area (Å²) in [5, 5.41) is 6.54. The molecular formula is C11H14BrIN4S. The fraction of sp³-hybridized carbons (Fsp3) is 0.364. The van der Waals surface area contributed by atoms with E-state index >= 15 is 0 Å². The van der Waals surface area contributed by atoms with Crippen LogP contribution in [0.15, 0.2) is 15.9 Å². The molecular weight excluding hydrogens is 427 g/mol. The molecule has 0 saturated heterocycles. The van der Waals surface area contributed by atoms with Crippen molar-refractivity contribution in [1.82, 2.24) is 15.2 Å². The van der Waals surface area contributed by atoms with Gasteiger partial charge in [0.05, 0.1) is 24.8 Å². The topological polar surface area (TPSA) is 55.9 Å². The Labute approximate surface area is 132 Å². The molecule has 0 fully saturated rings. The van der Waals surface area contributed by atoms with Gasteiger partial charge in [-0.25, -0.2) is 0 Å². The Hall–Kier alpha value is 0.0400. The Morgan fingerprint density at radius 2 is 2.39 bits per heavy atom. The molecule has 1 atom stereocenters. The third kappa shape index (κ3) is 2.96. The summed E-state index contributed by atoms with van der Waals surface area (Å²) >= 11 is 7.64. The fourth-order valence-electron chi connectivity index (χ4n) is 1.87. The Bertz CT molecular complexity index is 551. The maximum Gasteiger partial charge on any atom is 0.0738 e. The van der Waals surface area contributed by atoms with Crippen LogP contribution in [0.2, 0.25) is 0 Å². The van der Waals surface area contributed by atoms with E-state index in [0.717, 1.165) is 22.3 Å². The number of nitrogens with one attached hydrogen (secondary N) is 1. The van der Waals surface area contributed by atoms with E-state index in [1.165, 1.54) is 8.45 Å². The lowest BCUT2D eigenvalue weighted by molar-refractivity contribution is 0.530. The Morgan fingerprint density at radius 3 is 2.83 bits per heavy atom. The average Bonchev–Trinajstić information content (AvgIpc) is 2.84. The quantitative estimate of drug-likeness (QED) is 0.436. The summed E-state index contributed by atoms with van der Waals surface area (Å²) in [4.78, 5) is 0. The van der Waals surface area contributed by atoms with Crippen molar-refractivity contribution in [2.75, 3.05) is 0 Å². The van der Waals surface area contributed by atoms with E-state index in [4.69, 9.17) is 5.84 Å². The summed E-state index contributed by atoms with van der Waals surface area (Å²) in [5.41, 5.74) is 6.26. The minimum atomic E-state index is 0.107. The van der Waals surface area contributed by atoms with Crippen LogP contribution in [-0.2, 0) is 13.5 Å². The molecule has 0 aliphatic rings. The zero-order valence-corrected chi connectivity index (χ0v) is 14.6. The summed E-state index contributed by atoms with van der Waals surface area (Å²) in [7, 11) is 1.96. The smallest absolute Gasteiger partial charge is 0.0738 e. The van der Waals surface area contributed by atoms with E-state index in [9.17, 15) is 0 Å². The molecule has 7 heteroatoms. The molecule has 2 heterocycles. The van der Waals surface area contributed by atoms with Crippen LogP contribution in [0.5, 0.6) is 0 Å². The van der Waals surface area contributed by atoms with Gasteiger partial charge in [0.25, 0.3) is 0 Å². The van der Waals surface area contributed by atoms with Crippen molar-refractivity contribution in [2.45, 2.75) is 19.4 Å². The molecule has 0 amide bonds. The second-order valence-corrected chi connectivity index (χ2v) is 7.68. The van der Waals surface area contributed by atoms with Crippen LogP contribution < -0.4 is 11.3 Å². The number of hydrogen-bond donors (Lipinski definition) is 2. The van der Waals surface area contributed by atoms with E-state index in [2.05, 4.69) is 60.5 Å². The molecule has 0 aliphatic carbocycles. The minimum Gasteiger partial charge on any atom is -0.271 e. The van der Waals surface area contributed by atoms with Crippen molar-refractivity contribution in [2.24, 2.45) is 12.9 Å². The number of nitrogens with two attached hydrogens (primary N) is 1. The highest BCUT2D eigenvalue weighted by molar-refractivity contribution is 14.1. The zero-order chi connectivity index (χ0) is 13.3. The summed E-state index contributed by atoms with van der Waals surface area (Å²) < 4.78 is 4.24. The van der Waals surface area contributed by atoms with Gasteiger partial charge in [-0.15, -0.1) is 11.3 Å². The van der Waals surface area contributed by atoms with Gasteiger partial charge >= 0.3 is 0 Å². The van der Waals surface area contributed by atoms with Gasteiger partial charge in [-0.05, 0) is 62.5 Å². The highest BCUT2D eigenvalue weighted by Crippen LogP contribution is 2.28. The van der Waals surface area contributed by atoms with Crippen LogP contribution in [0.1, 0.15) is 23.0 Å². The largest absolute Gasteiger partial charge is 0.271 e. The van der Waals surface area contributed by atoms with Crippen LogP contribution in [0.4, 0.5) is 0 Å². The minimum absolute atomic E-state index is 0.107. The number of aryl methyl sites for hydroxylation is 2. The van der Waals surface area contributed by atoms with Gasteiger partial charge in [0, 0.05) is 13.5 Å². The predicted molar refractivity (Wildman–Crippen MR) is 86.4 cm³/mol. The van der Waals surface area contributed by atoms with E-state index in [1.54, 1.807) is 11.3 Å². The molecule has 18 heavy (non-hydrogen) atoms. The second kappa shape index (κ2) is 6.00. The third-order valence-electron chi connectivity index (χ3n) is 2.85. The van der Waals surface area contributed by atoms with E-state index in [-0.39, 0.29) is 6.04 Å². The molecule has 0 saturated carbocycles. The van der Waals surface area contributed by atoms with Crippen molar-refractivity contribution < 1.29 is 0 Å². The van der Waals surface area contributed by atoms with Crippen molar-refractivity contribution in [3.8, 4) is 0 Å². The van der Waals surface area contributed by atoms with Crippen LogP contribution in [-0.4, -0.2) is 9.78 Å². The predicted octanol–water partition coefficient (Wildman–Crippen LogP) is 2.90. The third-order valence-corrected chi connectivity index (χ3v) is 5.69. The molecule has 3 N–H and O–H groups in total. The molecule has 98 valence electrons. The zero-order valence-electron chi connectivity index (χ0n) is 10.1. The summed E-state index contributed by atoms with van der Waals surface area (Å²) in [6.07, 6.45) is 0.807. The Kier molecular flexibility index (Phi) is 4.81. The lowest BCUT2D eigenvalue weighted by Crippen LogP contribution is -2.29. The summed E-state index contributed by atoms with van der Waals surface area (Å²) in [6, 6.07) is 2.27. The first-order chi connectivity index (χ1) is 8.52. The van der Waals surface area contributed by atoms with E-state index < -0.39 is 0 Å². The van der Waals surface area contributed by atoms with Crippen molar-refractivity contribution in [3.05, 3.63) is 35.8 Å². The monoisotopic (exact) mass is 440 g/mol. The lowest BCUT2D eigenvalue weighted by atomic mass is 10.1. The van der Waals surface area contributed by atoms with Crippen LogP contribution in [0, 0.1) is 9.81 Å². The summed E-state index contributed by atoms with van der Waals surface area (Å²) in [6.45, 7) is 1.99. The number of nitrogens with zero attached hydrogens (tertiary/aromatic N) is 2. The molecule has 0 radical (unpaired) electrons. The Morgan fingerprint density at radius 1 is 1.67 bits per heavy atom. The molecule has 2 aromatic heterocycles. The van der Waals surface area contributed by atoms with Crippen molar-refractivity contribution in [1.29, 1.82) is 0 Å². The highest BCUT2D eigenvalue weighted by Gasteiger charge is 2.18. The standard InChI is InChI=1S/C11H14BrIN4S/c1-6-11(12)9(17(2)16-6)4-8(15-14)7-3-10(13)18-5-7/h3,5,8,15H,4,14H2,1-2H3. The molecule has 2 rings (SSSR count). The first-order valence-corrected chi connectivity index (χ1v) is 8.16. The van der Waals surface area contributed by atoms with E-state index in [1.807, 2.05) is 18.7 Å². The van der Waals surface area contributed by atoms with Gasteiger partial charge < -0.3 is 0 Å². The molecule has 0 aliphatic heterocycles. The van der Waals surface area contributed by atoms with Crippen molar-refractivity contribution >= 4 is 49.9 Å². The number of rotatable bonds is 4. The van der Waals surface area contributed by atoms with Gasteiger partial charge in [0.15, 0.2) is 0 Å². The number of aromatic nitrogens is 2. The number of halogens is 2. The normalized spacial score (nSPS) is 12.9. The molecule has 0 aromatic carbocycles. The van der Waals surface area contributed by atoms with Crippen LogP contribution >= 0.6 is 49.9 Å². The van der Waals surface area contributed by atoms with Crippen LogP contribution in [0.25, 0.3) is 0 Å². The van der Waals surface area contributed by atoms with Gasteiger partial charge in [0.1, 0.15) is 0 Å². The first-order valence-electron chi connectivity index (χ1n) is 5.41. The van der Waals surface area contributed by atoms with Gasteiger partial charge in [0.2, 0.25) is 0 Å². The lowest BCUT2D eigenvalue weighted by Gasteiger charge is -2.15. The molecule has 4 nitrogen and oxygen atoms in total. The van der Waals surface area contributed by atoms with Gasteiger partial charge in [-0.3, -0.25) is 16.0 Å². The van der Waals surface area contributed by atoms with Crippen LogP contribution in [0.3, 0.4) is 0 Å². The molecule has 1 unspecified atom stereocenters. The fourth-order valence-corrected chi connectivity index (χ4v) is 3.80. The highest BCUT2D eigenvalue weighted by atomic mass is 127. The Balaban J connectivity index is 2.25. The maximum atomic E-state index is 5.68. The molecule has 0 bridgehead atoms.